The number of aliphatic hydroxyl groups is 3. The Morgan fingerprint density at radius 2 is 1.74 bits per heavy atom. The van der Waals surface area contributed by atoms with Crippen LogP contribution in [0.4, 0.5) is 0 Å². The molecular weight excluding hydrogens is 570 g/mol. The summed E-state index contributed by atoms with van der Waals surface area (Å²) in [5.74, 6) is -4.72. The minimum atomic E-state index is -2.12. The lowest BCUT2D eigenvalue weighted by atomic mass is 9.18. The molecule has 9 rings (SSSR count). The van der Waals surface area contributed by atoms with Crippen molar-refractivity contribution >= 4 is 29.1 Å². The van der Waals surface area contributed by atoms with Gasteiger partial charge in [0.25, 0.3) is 5.91 Å². The Morgan fingerprint density at radius 1 is 1.05 bits per heavy atom. The van der Waals surface area contributed by atoms with E-state index >= 15 is 0 Å². The number of hydrogen-bond acceptors (Lipinski definition) is 7. The van der Waals surface area contributed by atoms with Crippen molar-refractivity contribution in [2.75, 3.05) is 19.7 Å². The van der Waals surface area contributed by atoms with Crippen molar-refractivity contribution in [3.05, 3.63) is 47.0 Å². The standard InChI is InChI=1S/C34H40ClNO7/c1-17-19-8-9-22-31-16-43-34(42,27(39)25(31)30(2,3)13-10-23(31)37)33(22)24(19)32(17,29(33)41)26(38)18-11-14-36(15-12-18)28(40)20-6-4-5-7-21(20)35/h4-7,18-19,22-25,27,37,39,42H,1,8-16H2,2-3H3. The minimum Gasteiger partial charge on any atom is -0.392 e. The van der Waals surface area contributed by atoms with Crippen molar-refractivity contribution in [1.29, 1.82) is 0 Å². The molecule has 10 atom stereocenters. The summed E-state index contributed by atoms with van der Waals surface area (Å²) in [6, 6.07) is 6.91. The Kier molecular flexibility index (Phi) is 5.66. The van der Waals surface area contributed by atoms with E-state index < -0.39 is 52.0 Å². The van der Waals surface area contributed by atoms with Crippen molar-refractivity contribution in [3.63, 3.8) is 0 Å². The van der Waals surface area contributed by atoms with Gasteiger partial charge in [-0.05, 0) is 67.9 Å². The van der Waals surface area contributed by atoms with Gasteiger partial charge < -0.3 is 25.0 Å². The van der Waals surface area contributed by atoms with Crippen LogP contribution in [0.2, 0.25) is 5.02 Å². The number of halogens is 1. The minimum absolute atomic E-state index is 0.0900. The van der Waals surface area contributed by atoms with Gasteiger partial charge in [0, 0.05) is 36.3 Å². The number of aliphatic hydroxyl groups excluding tert-OH is 2. The van der Waals surface area contributed by atoms with Gasteiger partial charge in [-0.15, -0.1) is 0 Å². The number of Topliss-reactive ketones (excluding diaryl/α,β-unsaturated/α-hetero) is 2. The summed E-state index contributed by atoms with van der Waals surface area (Å²) in [5, 5.41) is 36.3. The van der Waals surface area contributed by atoms with Gasteiger partial charge in [-0.1, -0.05) is 49.7 Å². The first kappa shape index (κ1) is 28.4. The summed E-state index contributed by atoms with van der Waals surface area (Å²) in [6.07, 6.45) is 1.30. The topological polar surface area (TPSA) is 124 Å². The van der Waals surface area contributed by atoms with Crippen molar-refractivity contribution in [3.8, 4) is 0 Å². The molecule has 9 heteroatoms. The zero-order valence-electron chi connectivity index (χ0n) is 24.7. The Balaban J connectivity index is 1.12. The highest BCUT2D eigenvalue weighted by Gasteiger charge is 2.96. The molecule has 5 aliphatic carbocycles. The second kappa shape index (κ2) is 8.58. The monoisotopic (exact) mass is 609 g/mol. The van der Waals surface area contributed by atoms with Crippen molar-refractivity contribution in [2.24, 2.45) is 51.2 Å². The molecule has 5 saturated carbocycles. The lowest BCUT2D eigenvalue weighted by Gasteiger charge is -2.85. The van der Waals surface area contributed by atoms with Gasteiger partial charge in [0.15, 0.2) is 11.6 Å². The number of fused-ring (bicyclic) bond motifs is 1. The van der Waals surface area contributed by atoms with Crippen LogP contribution in [0.15, 0.2) is 36.4 Å². The Hall–Kier alpha value is -2.10. The third kappa shape index (κ3) is 2.85. The largest absolute Gasteiger partial charge is 0.392 e. The van der Waals surface area contributed by atoms with Crippen molar-refractivity contribution in [2.45, 2.75) is 70.4 Å². The molecule has 8 nitrogen and oxygen atoms in total. The molecule has 43 heavy (non-hydrogen) atoms. The highest BCUT2D eigenvalue weighted by Crippen LogP contribution is 2.87. The number of rotatable bonds is 3. The van der Waals surface area contributed by atoms with E-state index in [4.69, 9.17) is 16.3 Å². The summed E-state index contributed by atoms with van der Waals surface area (Å²) in [6.45, 7) is 9.27. The van der Waals surface area contributed by atoms with Crippen LogP contribution in [0.1, 0.15) is 62.7 Å². The fourth-order valence-corrected chi connectivity index (χ4v) is 12.2. The molecule has 10 unspecified atom stereocenters. The molecule has 3 N–H and O–H groups in total. The van der Waals surface area contributed by atoms with Gasteiger partial charge in [0.05, 0.1) is 28.7 Å². The third-order valence-corrected chi connectivity index (χ3v) is 13.9. The summed E-state index contributed by atoms with van der Waals surface area (Å²) in [4.78, 5) is 44.2. The van der Waals surface area contributed by atoms with Gasteiger partial charge >= 0.3 is 0 Å². The number of allylic oxidation sites excluding steroid dienone is 1. The van der Waals surface area contributed by atoms with E-state index in [1.165, 1.54) is 0 Å². The van der Waals surface area contributed by atoms with Crippen LogP contribution in [-0.2, 0) is 14.3 Å². The summed E-state index contributed by atoms with van der Waals surface area (Å²) in [7, 11) is 0. The number of likely N-dealkylation sites (tertiary alicyclic amines) is 1. The number of benzene rings is 1. The molecule has 1 aromatic carbocycles. The summed E-state index contributed by atoms with van der Waals surface area (Å²) >= 11 is 6.26. The Labute approximate surface area is 256 Å². The number of piperidine rings is 1. The quantitative estimate of drug-likeness (QED) is 0.354. The van der Waals surface area contributed by atoms with Gasteiger partial charge in [-0.3, -0.25) is 14.4 Å². The normalized spacial score (nSPS) is 47.5. The smallest absolute Gasteiger partial charge is 0.255 e. The number of ketones is 2. The first-order chi connectivity index (χ1) is 20.3. The number of ether oxygens (including phenoxy) is 1. The predicted molar refractivity (Wildman–Crippen MR) is 156 cm³/mol. The molecule has 0 radical (unpaired) electrons. The van der Waals surface area contributed by atoms with E-state index in [1.54, 1.807) is 29.2 Å². The molecule has 1 aromatic rings. The molecule has 2 bridgehead atoms. The van der Waals surface area contributed by atoms with Crippen LogP contribution in [-0.4, -0.2) is 75.4 Å². The Bertz CT molecular complexity index is 1480. The van der Waals surface area contributed by atoms with E-state index in [0.717, 1.165) is 6.42 Å². The van der Waals surface area contributed by atoms with E-state index in [1.807, 2.05) is 0 Å². The van der Waals surface area contributed by atoms with Gasteiger partial charge in [0.2, 0.25) is 5.79 Å². The lowest BCUT2D eigenvalue weighted by Crippen LogP contribution is -2.95. The van der Waals surface area contributed by atoms with Crippen molar-refractivity contribution < 1.29 is 34.4 Å². The Morgan fingerprint density at radius 3 is 2.44 bits per heavy atom. The SMILES string of the molecule is C=C1C2CCC3C45COC(O)(C(O)C4C(C)(C)CCC5O)C34C(=O)C1(C(=O)C1CCN(C(=O)c3ccccc3Cl)CC1)C24. The number of carbonyl (C=O) groups is 3. The molecular formula is C34H40ClNO7. The third-order valence-electron chi connectivity index (χ3n) is 13.6. The number of hydrogen-bond donors (Lipinski definition) is 3. The molecule has 3 saturated heterocycles. The van der Waals surface area contributed by atoms with E-state index in [-0.39, 0.29) is 41.3 Å². The van der Waals surface area contributed by atoms with E-state index in [9.17, 15) is 29.7 Å². The van der Waals surface area contributed by atoms with Gasteiger partial charge in [-0.25, -0.2) is 0 Å². The fraction of sp³-hybridized carbons (Fsp3) is 0.676. The van der Waals surface area contributed by atoms with Crippen molar-refractivity contribution in [1.82, 2.24) is 4.90 Å². The molecule has 1 amide bonds. The molecule has 2 spiro atoms. The molecule has 3 aliphatic heterocycles. The zero-order chi connectivity index (χ0) is 30.5. The van der Waals surface area contributed by atoms with Crippen LogP contribution in [0, 0.1) is 51.2 Å². The maximum absolute atomic E-state index is 14.9. The van der Waals surface area contributed by atoms with Crippen LogP contribution < -0.4 is 0 Å². The van der Waals surface area contributed by atoms with Crippen LogP contribution >= 0.6 is 11.6 Å². The van der Waals surface area contributed by atoms with Crippen LogP contribution in [0.5, 0.6) is 0 Å². The molecule has 8 aliphatic rings. The van der Waals surface area contributed by atoms with Crippen LogP contribution in [0.25, 0.3) is 0 Å². The lowest BCUT2D eigenvalue weighted by molar-refractivity contribution is -0.479. The molecule has 0 aromatic heterocycles. The molecule has 8 fully saturated rings. The fourth-order valence-electron chi connectivity index (χ4n) is 12.0. The summed E-state index contributed by atoms with van der Waals surface area (Å²) in [5.41, 5.74) is -3.03. The van der Waals surface area contributed by atoms with Crippen LogP contribution in [0.3, 0.4) is 0 Å². The van der Waals surface area contributed by atoms with E-state index in [0.29, 0.717) is 61.4 Å². The molecule has 230 valence electrons. The van der Waals surface area contributed by atoms with Gasteiger partial charge in [0.1, 0.15) is 11.5 Å². The maximum atomic E-state index is 14.9. The first-order valence-corrected chi connectivity index (χ1v) is 16.3. The highest BCUT2D eigenvalue weighted by molar-refractivity contribution is 6.33. The zero-order valence-corrected chi connectivity index (χ0v) is 25.5. The average Bonchev–Trinajstić information content (AvgIpc) is 2.99. The second-order valence-electron chi connectivity index (χ2n) is 15.2. The van der Waals surface area contributed by atoms with Gasteiger partial charge in [-0.2, -0.15) is 0 Å². The summed E-state index contributed by atoms with van der Waals surface area (Å²) < 4.78 is 6.16. The predicted octanol–water partition coefficient (Wildman–Crippen LogP) is 3.41. The second-order valence-corrected chi connectivity index (χ2v) is 15.6. The maximum Gasteiger partial charge on any atom is 0.255 e. The highest BCUT2D eigenvalue weighted by atomic mass is 35.5. The molecule has 3 heterocycles. The number of nitrogens with zero attached hydrogens (tertiary/aromatic N) is 1. The van der Waals surface area contributed by atoms with E-state index in [2.05, 4.69) is 20.4 Å². The average molecular weight is 610 g/mol. The number of amides is 1. The first-order valence-electron chi connectivity index (χ1n) is 15.9. The number of carbonyl (C=O) groups excluding carboxylic acids is 3.